The number of anilines is 6. The highest BCUT2D eigenvalue weighted by Crippen LogP contribution is 2.42. The van der Waals surface area contributed by atoms with E-state index in [0.29, 0.717) is 0 Å². The molecule has 0 aliphatic rings. The summed E-state index contributed by atoms with van der Waals surface area (Å²) in [6.07, 6.45) is 0. The molecule has 12 aromatic rings. The lowest BCUT2D eigenvalue weighted by atomic mass is 10.1. The Bertz CT molecular complexity index is 3550. The van der Waals surface area contributed by atoms with Gasteiger partial charge in [0.1, 0.15) is 0 Å². The number of aromatic nitrogens is 2. The number of hydrogen-bond donors (Lipinski definition) is 0. The van der Waals surface area contributed by atoms with Crippen molar-refractivity contribution in [3.05, 3.63) is 243 Å². The number of rotatable bonds is 8. The number of para-hydroxylation sites is 5. The lowest BCUT2D eigenvalue weighted by molar-refractivity contribution is 1.13. The Morgan fingerprint density at radius 3 is 1.13 bits per heavy atom. The highest BCUT2D eigenvalue weighted by atomic mass is 15.1. The average molecular weight is 793 g/mol. The second kappa shape index (κ2) is 14.7. The van der Waals surface area contributed by atoms with Crippen molar-refractivity contribution in [2.75, 3.05) is 9.80 Å². The van der Waals surface area contributed by atoms with Crippen LogP contribution in [-0.2, 0) is 0 Å². The Labute approximate surface area is 360 Å². The molecule has 12 rings (SSSR count). The third-order valence-corrected chi connectivity index (χ3v) is 12.2. The molecule has 292 valence electrons. The molecule has 0 aliphatic carbocycles. The van der Waals surface area contributed by atoms with Gasteiger partial charge in [0.15, 0.2) is 0 Å². The first kappa shape index (κ1) is 35.6. The van der Waals surface area contributed by atoms with Crippen molar-refractivity contribution >= 4 is 88.5 Å². The third kappa shape index (κ3) is 5.92. The van der Waals surface area contributed by atoms with Crippen molar-refractivity contribution < 1.29 is 0 Å². The minimum absolute atomic E-state index is 1.11. The molecule has 0 spiro atoms. The molecule has 0 saturated heterocycles. The predicted molar refractivity (Wildman–Crippen MR) is 262 cm³/mol. The van der Waals surface area contributed by atoms with Gasteiger partial charge < -0.3 is 18.9 Å². The molecule has 0 amide bonds. The molecule has 0 atom stereocenters. The first-order valence-electron chi connectivity index (χ1n) is 21.2. The van der Waals surface area contributed by atoms with E-state index in [1.165, 1.54) is 43.4 Å². The SMILES string of the molecule is c1ccc(N(c2ccccc2)c2ccc3c(c2)c2ccccc2n3-c2cccc(-n3c4ccccc4c4cc(N(c5ccccc5)c5ccc6ccccc6c5)ccc43)c2)cc1. The van der Waals surface area contributed by atoms with E-state index in [1.807, 2.05) is 0 Å². The van der Waals surface area contributed by atoms with E-state index in [2.05, 4.69) is 262 Å². The molecular formula is C58H40N4. The summed E-state index contributed by atoms with van der Waals surface area (Å²) >= 11 is 0. The van der Waals surface area contributed by atoms with E-state index in [-0.39, 0.29) is 0 Å². The first-order chi connectivity index (χ1) is 30.8. The number of hydrogen-bond acceptors (Lipinski definition) is 2. The van der Waals surface area contributed by atoms with Crippen LogP contribution in [0.4, 0.5) is 34.1 Å². The van der Waals surface area contributed by atoms with Gasteiger partial charge in [-0.3, -0.25) is 0 Å². The van der Waals surface area contributed by atoms with Gasteiger partial charge in [0.2, 0.25) is 0 Å². The monoisotopic (exact) mass is 792 g/mol. The fourth-order valence-electron chi connectivity index (χ4n) is 9.47. The van der Waals surface area contributed by atoms with Crippen LogP contribution in [-0.4, -0.2) is 9.13 Å². The third-order valence-electron chi connectivity index (χ3n) is 12.2. The zero-order valence-electron chi connectivity index (χ0n) is 33.9. The van der Waals surface area contributed by atoms with E-state index in [0.717, 1.165) is 56.5 Å². The quantitative estimate of drug-likeness (QED) is 0.152. The molecule has 10 aromatic carbocycles. The molecule has 0 aliphatic heterocycles. The maximum absolute atomic E-state index is 2.42. The van der Waals surface area contributed by atoms with Gasteiger partial charge in [0.05, 0.1) is 22.1 Å². The van der Waals surface area contributed by atoms with Crippen LogP contribution in [0.3, 0.4) is 0 Å². The van der Waals surface area contributed by atoms with E-state index in [9.17, 15) is 0 Å². The molecule has 0 unspecified atom stereocenters. The minimum Gasteiger partial charge on any atom is -0.310 e. The van der Waals surface area contributed by atoms with Crippen molar-refractivity contribution in [1.82, 2.24) is 9.13 Å². The Hall–Kier alpha value is -8.34. The largest absolute Gasteiger partial charge is 0.310 e. The number of benzene rings is 10. The second-order valence-corrected chi connectivity index (χ2v) is 15.8. The topological polar surface area (TPSA) is 16.3 Å². The molecule has 4 heteroatoms. The fourth-order valence-corrected chi connectivity index (χ4v) is 9.47. The summed E-state index contributed by atoms with van der Waals surface area (Å²) in [6, 6.07) is 87.6. The predicted octanol–water partition coefficient (Wildman–Crippen LogP) is 16.0. The number of fused-ring (bicyclic) bond motifs is 7. The van der Waals surface area contributed by atoms with Crippen molar-refractivity contribution in [2.45, 2.75) is 0 Å². The van der Waals surface area contributed by atoms with Crippen LogP contribution in [0.1, 0.15) is 0 Å². The van der Waals surface area contributed by atoms with Gasteiger partial charge in [-0.1, -0.05) is 127 Å². The Morgan fingerprint density at radius 1 is 0.226 bits per heavy atom. The van der Waals surface area contributed by atoms with Crippen LogP contribution in [0, 0.1) is 0 Å². The second-order valence-electron chi connectivity index (χ2n) is 15.8. The molecule has 4 nitrogen and oxygen atoms in total. The maximum atomic E-state index is 2.42. The van der Waals surface area contributed by atoms with Crippen LogP contribution in [0.25, 0.3) is 65.8 Å². The van der Waals surface area contributed by atoms with E-state index >= 15 is 0 Å². The zero-order valence-corrected chi connectivity index (χ0v) is 33.9. The molecule has 62 heavy (non-hydrogen) atoms. The van der Waals surface area contributed by atoms with Gasteiger partial charge in [0, 0.05) is 67.0 Å². The average Bonchev–Trinajstić information content (AvgIpc) is 3.85. The minimum atomic E-state index is 1.11. The summed E-state index contributed by atoms with van der Waals surface area (Å²) in [5, 5.41) is 7.29. The molecular weight excluding hydrogens is 753 g/mol. The Morgan fingerprint density at radius 2 is 0.613 bits per heavy atom. The summed E-state index contributed by atoms with van der Waals surface area (Å²) in [6.45, 7) is 0. The van der Waals surface area contributed by atoms with Crippen LogP contribution in [0.2, 0.25) is 0 Å². The summed E-state index contributed by atoms with van der Waals surface area (Å²) in [4.78, 5) is 4.70. The summed E-state index contributed by atoms with van der Waals surface area (Å²) in [5.74, 6) is 0. The molecule has 2 heterocycles. The zero-order chi connectivity index (χ0) is 41.0. The highest BCUT2D eigenvalue weighted by Gasteiger charge is 2.20. The van der Waals surface area contributed by atoms with Crippen LogP contribution in [0.15, 0.2) is 243 Å². The van der Waals surface area contributed by atoms with Gasteiger partial charge in [0.25, 0.3) is 0 Å². The van der Waals surface area contributed by atoms with Crippen LogP contribution >= 0.6 is 0 Å². The molecule has 0 saturated carbocycles. The lowest BCUT2D eigenvalue weighted by Crippen LogP contribution is -2.09. The lowest BCUT2D eigenvalue weighted by Gasteiger charge is -2.26. The van der Waals surface area contributed by atoms with Crippen LogP contribution in [0.5, 0.6) is 0 Å². The van der Waals surface area contributed by atoms with Gasteiger partial charge in [-0.25, -0.2) is 0 Å². The van der Waals surface area contributed by atoms with Gasteiger partial charge >= 0.3 is 0 Å². The number of nitrogens with zero attached hydrogens (tertiary/aromatic N) is 4. The summed E-state index contributed by atoms with van der Waals surface area (Å²) in [5.41, 5.74) is 13.6. The molecule has 2 aromatic heterocycles. The van der Waals surface area contributed by atoms with Gasteiger partial charge in [-0.2, -0.15) is 0 Å². The molecule has 0 fully saturated rings. The summed E-state index contributed by atoms with van der Waals surface area (Å²) < 4.78 is 4.84. The smallest absolute Gasteiger partial charge is 0.0542 e. The first-order valence-corrected chi connectivity index (χ1v) is 21.2. The van der Waals surface area contributed by atoms with E-state index in [4.69, 9.17) is 0 Å². The summed E-state index contributed by atoms with van der Waals surface area (Å²) in [7, 11) is 0. The molecule has 0 bridgehead atoms. The molecule has 0 N–H and O–H groups in total. The highest BCUT2D eigenvalue weighted by molar-refractivity contribution is 6.12. The van der Waals surface area contributed by atoms with Crippen molar-refractivity contribution in [1.29, 1.82) is 0 Å². The molecule has 0 radical (unpaired) electrons. The van der Waals surface area contributed by atoms with Crippen molar-refractivity contribution in [3.8, 4) is 11.4 Å². The van der Waals surface area contributed by atoms with Gasteiger partial charge in [-0.15, -0.1) is 0 Å². The van der Waals surface area contributed by atoms with E-state index in [1.54, 1.807) is 0 Å². The Kier molecular flexibility index (Phi) is 8.46. The fraction of sp³-hybridized carbons (Fsp3) is 0. The normalized spacial score (nSPS) is 11.5. The van der Waals surface area contributed by atoms with E-state index < -0.39 is 0 Å². The van der Waals surface area contributed by atoms with Crippen LogP contribution < -0.4 is 9.80 Å². The maximum Gasteiger partial charge on any atom is 0.0542 e. The van der Waals surface area contributed by atoms with Crippen molar-refractivity contribution in [2.24, 2.45) is 0 Å². The van der Waals surface area contributed by atoms with Crippen molar-refractivity contribution in [3.63, 3.8) is 0 Å². The standard InChI is InChI=1S/C58H40N4/c1-4-19-43(20-5-1)59(44-21-6-2-7-22-44)49-33-35-57-53(39-49)51-27-12-14-29-55(51)61(57)46-25-16-26-47(38-46)62-56-30-15-13-28-52(56)54-40-50(34-36-58(54)62)60(45-23-8-3-9-24-45)48-32-31-41-17-10-11-18-42(41)37-48/h1-40H. The Balaban J connectivity index is 1.01. The van der Waals surface area contributed by atoms with Gasteiger partial charge in [-0.05, 0) is 126 Å².